The molecule has 2 nitrogen and oxygen atoms in total. The maximum absolute atomic E-state index is 4.19. The Bertz CT molecular complexity index is 937. The van der Waals surface area contributed by atoms with Crippen molar-refractivity contribution in [3.05, 3.63) is 90.0 Å². The molecule has 1 unspecified atom stereocenters. The molecule has 0 aliphatic heterocycles. The number of hydrogen-bond donors (Lipinski definition) is 2. The molecule has 0 fully saturated rings. The summed E-state index contributed by atoms with van der Waals surface area (Å²) in [6.45, 7) is 11.6. The third kappa shape index (κ3) is 7.25. The molecule has 0 aliphatic carbocycles. The molecule has 164 valence electrons. The van der Waals surface area contributed by atoms with Crippen LogP contribution in [0.15, 0.2) is 78.9 Å². The Balaban J connectivity index is 1.49. The maximum Gasteiger partial charge on any atom is 0.0340 e. The summed E-state index contributed by atoms with van der Waals surface area (Å²) < 4.78 is 0. The highest BCUT2D eigenvalue weighted by molar-refractivity contribution is 5.85. The van der Waals surface area contributed by atoms with Crippen LogP contribution in [-0.4, -0.2) is 13.1 Å². The van der Waals surface area contributed by atoms with Gasteiger partial charge in [0.05, 0.1) is 0 Å². The first kappa shape index (κ1) is 23.1. The third-order valence-electron chi connectivity index (χ3n) is 5.93. The Labute approximate surface area is 188 Å². The molecule has 0 spiro atoms. The molecule has 0 bridgehead atoms. The molecule has 2 heteroatoms. The molecule has 2 N–H and O–H groups in total. The number of hydrogen-bond acceptors (Lipinski definition) is 2. The number of fused-ring (bicyclic) bond motifs is 1. The first-order valence-corrected chi connectivity index (χ1v) is 11.9. The number of benzene rings is 3. The van der Waals surface area contributed by atoms with Crippen LogP contribution in [0.2, 0.25) is 0 Å². The summed E-state index contributed by atoms with van der Waals surface area (Å²) in [5.74, 6) is 0.615. The van der Waals surface area contributed by atoms with Crippen LogP contribution in [0.3, 0.4) is 0 Å². The van der Waals surface area contributed by atoms with Crippen LogP contribution in [0.1, 0.15) is 50.7 Å². The first-order valence-electron chi connectivity index (χ1n) is 11.9. The van der Waals surface area contributed by atoms with Crippen molar-refractivity contribution in [1.82, 2.24) is 5.32 Å². The van der Waals surface area contributed by atoms with Crippen LogP contribution >= 0.6 is 0 Å². The standard InChI is InChI=1S/C29H38N2/c1-4-9-23(3)19-24-15-17-28(18-16-24)31-21-25(10-5-2)20-30-22-27-13-8-12-26-11-6-7-14-29(26)27/h6-8,11-18,25,30-31H,3-5,9-10,19-22H2,1-2H3. The second-order valence-electron chi connectivity index (χ2n) is 8.68. The molecule has 31 heavy (non-hydrogen) atoms. The average Bonchev–Trinajstić information content (AvgIpc) is 2.79. The van der Waals surface area contributed by atoms with Crippen LogP contribution in [-0.2, 0) is 13.0 Å². The lowest BCUT2D eigenvalue weighted by Crippen LogP contribution is -2.27. The highest BCUT2D eigenvalue weighted by atomic mass is 14.9. The van der Waals surface area contributed by atoms with Gasteiger partial charge in [-0.15, -0.1) is 0 Å². The first-order chi connectivity index (χ1) is 15.2. The molecule has 0 heterocycles. The quantitative estimate of drug-likeness (QED) is 0.286. The van der Waals surface area contributed by atoms with E-state index in [1.54, 1.807) is 0 Å². The summed E-state index contributed by atoms with van der Waals surface area (Å²) in [5.41, 5.74) is 5.26. The molecular formula is C29H38N2. The van der Waals surface area contributed by atoms with Gasteiger partial charge in [-0.05, 0) is 65.8 Å². The molecule has 0 aliphatic rings. The topological polar surface area (TPSA) is 24.1 Å². The van der Waals surface area contributed by atoms with Crippen molar-refractivity contribution in [1.29, 1.82) is 0 Å². The van der Waals surface area contributed by atoms with Gasteiger partial charge >= 0.3 is 0 Å². The third-order valence-corrected chi connectivity index (χ3v) is 5.93. The average molecular weight is 415 g/mol. The van der Waals surface area contributed by atoms with Gasteiger partial charge in [0, 0.05) is 18.8 Å². The van der Waals surface area contributed by atoms with E-state index >= 15 is 0 Å². The second-order valence-corrected chi connectivity index (χ2v) is 8.68. The van der Waals surface area contributed by atoms with Gasteiger partial charge in [0.25, 0.3) is 0 Å². The molecule has 0 saturated heterocycles. The predicted octanol–water partition coefficient (Wildman–Crippen LogP) is 7.36. The van der Waals surface area contributed by atoms with E-state index in [4.69, 9.17) is 0 Å². The highest BCUT2D eigenvalue weighted by Gasteiger charge is 2.09. The molecular weight excluding hydrogens is 376 g/mol. The summed E-state index contributed by atoms with van der Waals surface area (Å²) in [4.78, 5) is 0. The van der Waals surface area contributed by atoms with Crippen molar-refractivity contribution in [2.75, 3.05) is 18.4 Å². The van der Waals surface area contributed by atoms with E-state index < -0.39 is 0 Å². The summed E-state index contributed by atoms with van der Waals surface area (Å²) >= 11 is 0. The van der Waals surface area contributed by atoms with Crippen LogP contribution in [0.25, 0.3) is 10.8 Å². The van der Waals surface area contributed by atoms with Crippen molar-refractivity contribution >= 4 is 16.5 Å². The van der Waals surface area contributed by atoms with Crippen LogP contribution in [0.5, 0.6) is 0 Å². The van der Waals surface area contributed by atoms with Gasteiger partial charge in [0.2, 0.25) is 0 Å². The molecule has 0 aromatic heterocycles. The Morgan fingerprint density at radius 3 is 2.42 bits per heavy atom. The van der Waals surface area contributed by atoms with Crippen molar-refractivity contribution in [2.45, 2.75) is 52.5 Å². The van der Waals surface area contributed by atoms with Gasteiger partial charge in [-0.3, -0.25) is 0 Å². The number of allylic oxidation sites excluding steroid dienone is 1. The van der Waals surface area contributed by atoms with Crippen molar-refractivity contribution in [3.8, 4) is 0 Å². The lowest BCUT2D eigenvalue weighted by atomic mass is 10.0. The molecule has 1 atom stereocenters. The van der Waals surface area contributed by atoms with Gasteiger partial charge in [-0.1, -0.05) is 93.4 Å². The molecule has 0 amide bonds. The summed E-state index contributed by atoms with van der Waals surface area (Å²) in [6, 6.07) is 24.1. The normalized spacial score (nSPS) is 12.1. The zero-order valence-electron chi connectivity index (χ0n) is 19.3. The van der Waals surface area contributed by atoms with E-state index in [1.165, 1.54) is 52.4 Å². The molecule has 0 radical (unpaired) electrons. The minimum absolute atomic E-state index is 0.615. The predicted molar refractivity (Wildman–Crippen MR) is 137 cm³/mol. The zero-order chi connectivity index (χ0) is 21.9. The van der Waals surface area contributed by atoms with Crippen molar-refractivity contribution < 1.29 is 0 Å². The number of anilines is 1. The van der Waals surface area contributed by atoms with Crippen LogP contribution < -0.4 is 10.6 Å². The number of nitrogens with one attached hydrogen (secondary N) is 2. The van der Waals surface area contributed by atoms with E-state index in [0.29, 0.717) is 5.92 Å². The van der Waals surface area contributed by atoms with Crippen molar-refractivity contribution in [3.63, 3.8) is 0 Å². The van der Waals surface area contributed by atoms with E-state index in [-0.39, 0.29) is 0 Å². The van der Waals surface area contributed by atoms with Gasteiger partial charge < -0.3 is 10.6 Å². The maximum atomic E-state index is 4.19. The zero-order valence-corrected chi connectivity index (χ0v) is 19.3. The smallest absolute Gasteiger partial charge is 0.0340 e. The SMILES string of the molecule is C=C(CCC)Cc1ccc(NCC(CCC)CNCc2cccc3ccccc23)cc1. The Morgan fingerprint density at radius 2 is 1.65 bits per heavy atom. The van der Waals surface area contributed by atoms with E-state index in [1.807, 2.05) is 0 Å². The van der Waals surface area contributed by atoms with Gasteiger partial charge in [0.1, 0.15) is 0 Å². The molecule has 3 aromatic rings. The molecule has 3 rings (SSSR count). The Morgan fingerprint density at radius 1 is 0.871 bits per heavy atom. The summed E-state index contributed by atoms with van der Waals surface area (Å²) in [7, 11) is 0. The van der Waals surface area contributed by atoms with E-state index in [2.05, 4.69) is 97.8 Å². The van der Waals surface area contributed by atoms with Gasteiger partial charge in [-0.25, -0.2) is 0 Å². The Kier molecular flexibility index (Phi) is 9.17. The fourth-order valence-corrected chi connectivity index (χ4v) is 4.28. The lowest BCUT2D eigenvalue weighted by molar-refractivity contribution is 0.459. The molecule has 3 aromatic carbocycles. The largest absolute Gasteiger partial charge is 0.385 e. The minimum Gasteiger partial charge on any atom is -0.385 e. The van der Waals surface area contributed by atoms with E-state index in [9.17, 15) is 0 Å². The fourth-order valence-electron chi connectivity index (χ4n) is 4.28. The summed E-state index contributed by atoms with van der Waals surface area (Å²) in [5, 5.41) is 10.0. The summed E-state index contributed by atoms with van der Waals surface area (Å²) in [6.07, 6.45) is 5.71. The Hall–Kier alpha value is -2.58. The minimum atomic E-state index is 0.615. The van der Waals surface area contributed by atoms with Crippen LogP contribution in [0.4, 0.5) is 5.69 Å². The van der Waals surface area contributed by atoms with E-state index in [0.717, 1.165) is 32.5 Å². The fraction of sp³-hybridized carbons (Fsp3) is 0.379. The van der Waals surface area contributed by atoms with Gasteiger partial charge in [-0.2, -0.15) is 0 Å². The molecule has 0 saturated carbocycles. The monoisotopic (exact) mass is 414 g/mol. The van der Waals surface area contributed by atoms with Crippen LogP contribution in [0, 0.1) is 5.92 Å². The lowest BCUT2D eigenvalue weighted by Gasteiger charge is -2.19. The van der Waals surface area contributed by atoms with Crippen molar-refractivity contribution in [2.24, 2.45) is 5.92 Å². The highest BCUT2D eigenvalue weighted by Crippen LogP contribution is 2.19. The second kappa shape index (κ2) is 12.3. The van der Waals surface area contributed by atoms with Gasteiger partial charge in [0.15, 0.2) is 0 Å². The number of rotatable bonds is 13.